The highest BCUT2D eigenvalue weighted by Gasteiger charge is 2.33. The number of hydrogen-bond acceptors (Lipinski definition) is 3. The lowest BCUT2D eigenvalue weighted by atomic mass is 9.92. The predicted octanol–water partition coefficient (Wildman–Crippen LogP) is 5.28. The standard InChI is InChI=1S/C25H21FIN3O3/c1-15(16-8-4-2-5-9-16)22(23(31)28-20-13-12-18(27)14-19(20)26)30-24(32)21(29-25(30)33)17-10-6-3-7-11-17/h2-15,22,32H,1H3,(H,28,31)(H,29,33)/t15-,22-/m0/s1. The second-order valence-corrected chi connectivity index (χ2v) is 8.87. The van der Waals surface area contributed by atoms with Crippen LogP contribution in [-0.4, -0.2) is 20.6 Å². The topological polar surface area (TPSA) is 87.1 Å². The zero-order chi connectivity index (χ0) is 23.5. The molecule has 0 bridgehead atoms. The Morgan fingerprint density at radius 1 is 1.06 bits per heavy atom. The first-order chi connectivity index (χ1) is 15.9. The maximum atomic E-state index is 14.4. The monoisotopic (exact) mass is 557 g/mol. The predicted molar refractivity (Wildman–Crippen MR) is 134 cm³/mol. The molecule has 8 heteroatoms. The summed E-state index contributed by atoms with van der Waals surface area (Å²) in [6.45, 7) is 1.78. The summed E-state index contributed by atoms with van der Waals surface area (Å²) in [5, 5.41) is 13.6. The molecule has 0 radical (unpaired) electrons. The summed E-state index contributed by atoms with van der Waals surface area (Å²) < 4.78 is 16.2. The summed E-state index contributed by atoms with van der Waals surface area (Å²) in [6, 6.07) is 21.3. The van der Waals surface area contributed by atoms with Crippen molar-refractivity contribution >= 4 is 34.2 Å². The molecular formula is C25H21FIN3O3. The molecule has 0 saturated heterocycles. The maximum absolute atomic E-state index is 14.4. The van der Waals surface area contributed by atoms with E-state index in [1.807, 2.05) is 59.0 Å². The lowest BCUT2D eigenvalue weighted by molar-refractivity contribution is -0.120. The third-order valence-corrected chi connectivity index (χ3v) is 6.17. The fraction of sp³-hybridized carbons (Fsp3) is 0.120. The largest absolute Gasteiger partial charge is 0.493 e. The molecule has 4 aromatic rings. The second-order valence-electron chi connectivity index (χ2n) is 7.62. The van der Waals surface area contributed by atoms with E-state index in [1.54, 1.807) is 37.3 Å². The lowest BCUT2D eigenvalue weighted by Gasteiger charge is -2.25. The van der Waals surface area contributed by atoms with Crippen LogP contribution in [0.3, 0.4) is 0 Å². The quantitative estimate of drug-likeness (QED) is 0.282. The molecule has 3 aromatic carbocycles. The molecule has 1 amide bonds. The van der Waals surface area contributed by atoms with E-state index in [1.165, 1.54) is 12.1 Å². The molecule has 1 heterocycles. The molecule has 2 atom stereocenters. The molecule has 3 N–H and O–H groups in total. The van der Waals surface area contributed by atoms with E-state index in [0.717, 1.165) is 10.1 Å². The highest BCUT2D eigenvalue weighted by Crippen LogP contribution is 2.35. The molecule has 0 aliphatic carbocycles. The number of anilines is 1. The molecular weight excluding hydrogens is 536 g/mol. The fourth-order valence-corrected chi connectivity index (χ4v) is 4.26. The number of aromatic amines is 1. The Labute approximate surface area is 203 Å². The number of nitrogens with zero attached hydrogens (tertiary/aromatic N) is 1. The van der Waals surface area contributed by atoms with E-state index in [-0.39, 0.29) is 17.3 Å². The highest BCUT2D eigenvalue weighted by atomic mass is 127. The van der Waals surface area contributed by atoms with Crippen molar-refractivity contribution in [1.29, 1.82) is 0 Å². The Bertz CT molecular complexity index is 1340. The number of aromatic nitrogens is 2. The van der Waals surface area contributed by atoms with Gasteiger partial charge >= 0.3 is 5.69 Å². The molecule has 0 unspecified atom stereocenters. The van der Waals surface area contributed by atoms with Crippen molar-refractivity contribution in [1.82, 2.24) is 9.55 Å². The Kier molecular flexibility index (Phi) is 6.64. The third kappa shape index (κ3) is 4.70. The van der Waals surface area contributed by atoms with Gasteiger partial charge in [-0.1, -0.05) is 67.6 Å². The van der Waals surface area contributed by atoms with Gasteiger partial charge in [0.05, 0.1) is 5.69 Å². The summed E-state index contributed by atoms with van der Waals surface area (Å²) in [6.07, 6.45) is 0. The maximum Gasteiger partial charge on any atom is 0.329 e. The average molecular weight is 557 g/mol. The van der Waals surface area contributed by atoms with Crippen molar-refractivity contribution in [2.24, 2.45) is 0 Å². The number of carbonyl (C=O) groups excluding carboxylic acids is 1. The number of benzene rings is 3. The van der Waals surface area contributed by atoms with Gasteiger partial charge in [0.2, 0.25) is 11.8 Å². The molecule has 168 valence electrons. The van der Waals surface area contributed by atoms with E-state index in [4.69, 9.17) is 0 Å². The number of rotatable bonds is 6. The number of aromatic hydroxyl groups is 1. The number of amides is 1. The number of carbonyl (C=O) groups is 1. The van der Waals surface area contributed by atoms with Crippen LogP contribution in [0.4, 0.5) is 10.1 Å². The van der Waals surface area contributed by atoms with Crippen LogP contribution >= 0.6 is 22.6 Å². The summed E-state index contributed by atoms with van der Waals surface area (Å²) in [5.74, 6) is -2.09. The van der Waals surface area contributed by atoms with E-state index in [2.05, 4.69) is 10.3 Å². The van der Waals surface area contributed by atoms with Crippen LogP contribution in [-0.2, 0) is 4.79 Å². The van der Waals surface area contributed by atoms with Crippen LogP contribution in [0.15, 0.2) is 83.7 Å². The molecule has 0 saturated carbocycles. The molecule has 4 rings (SSSR count). The number of imidazole rings is 1. The number of H-pyrrole nitrogens is 1. The zero-order valence-corrected chi connectivity index (χ0v) is 19.8. The van der Waals surface area contributed by atoms with Crippen molar-refractivity contribution in [3.63, 3.8) is 0 Å². The first kappa shape index (κ1) is 22.8. The van der Waals surface area contributed by atoms with Crippen LogP contribution in [0.5, 0.6) is 5.88 Å². The van der Waals surface area contributed by atoms with Gasteiger partial charge in [0, 0.05) is 15.1 Å². The van der Waals surface area contributed by atoms with Gasteiger partial charge in [0.1, 0.15) is 17.6 Å². The second kappa shape index (κ2) is 9.62. The Morgan fingerprint density at radius 2 is 1.70 bits per heavy atom. The number of hydrogen-bond donors (Lipinski definition) is 3. The first-order valence-electron chi connectivity index (χ1n) is 10.3. The zero-order valence-electron chi connectivity index (χ0n) is 17.6. The van der Waals surface area contributed by atoms with Crippen LogP contribution in [0.1, 0.15) is 24.4 Å². The lowest BCUT2D eigenvalue weighted by Crippen LogP contribution is -2.35. The minimum atomic E-state index is -1.15. The fourth-order valence-electron chi connectivity index (χ4n) is 3.81. The number of halogens is 2. The molecule has 0 spiro atoms. The first-order valence-corrected chi connectivity index (χ1v) is 11.3. The van der Waals surface area contributed by atoms with Crippen molar-refractivity contribution < 1.29 is 14.3 Å². The molecule has 0 aliphatic rings. The Hall–Kier alpha value is -3.40. The van der Waals surface area contributed by atoms with Gasteiger partial charge in [-0.25, -0.2) is 13.8 Å². The van der Waals surface area contributed by atoms with Crippen molar-refractivity contribution in [3.8, 4) is 17.1 Å². The summed E-state index contributed by atoms with van der Waals surface area (Å²) in [5.41, 5.74) is 0.948. The van der Waals surface area contributed by atoms with Gasteiger partial charge in [0.15, 0.2) is 0 Å². The minimum absolute atomic E-state index is 0.00275. The van der Waals surface area contributed by atoms with E-state index in [0.29, 0.717) is 9.13 Å². The number of nitrogens with one attached hydrogen (secondary N) is 2. The average Bonchev–Trinajstić information content (AvgIpc) is 3.11. The van der Waals surface area contributed by atoms with E-state index in [9.17, 15) is 19.1 Å². The Morgan fingerprint density at radius 3 is 2.33 bits per heavy atom. The van der Waals surface area contributed by atoms with Crippen molar-refractivity contribution in [3.05, 3.63) is 104 Å². The van der Waals surface area contributed by atoms with Crippen molar-refractivity contribution in [2.45, 2.75) is 18.9 Å². The SMILES string of the molecule is C[C@@H](c1ccccc1)[C@@H](C(=O)Nc1ccc(I)cc1F)n1c(O)c(-c2ccccc2)[nH]c1=O. The molecule has 0 fully saturated rings. The van der Waals surface area contributed by atoms with Gasteiger partial charge < -0.3 is 15.4 Å². The van der Waals surface area contributed by atoms with Crippen LogP contribution in [0, 0.1) is 9.39 Å². The van der Waals surface area contributed by atoms with Crippen LogP contribution < -0.4 is 11.0 Å². The summed E-state index contributed by atoms with van der Waals surface area (Å²) in [4.78, 5) is 29.1. The van der Waals surface area contributed by atoms with Gasteiger partial charge in [-0.2, -0.15) is 0 Å². The van der Waals surface area contributed by atoms with Gasteiger partial charge in [-0.3, -0.25) is 4.79 Å². The van der Waals surface area contributed by atoms with E-state index < -0.39 is 29.4 Å². The van der Waals surface area contributed by atoms with Crippen molar-refractivity contribution in [2.75, 3.05) is 5.32 Å². The van der Waals surface area contributed by atoms with Gasteiger partial charge in [-0.05, 0) is 46.4 Å². The summed E-state index contributed by atoms with van der Waals surface area (Å²) >= 11 is 1.98. The van der Waals surface area contributed by atoms with Gasteiger partial charge in [-0.15, -0.1) is 0 Å². The highest BCUT2D eigenvalue weighted by molar-refractivity contribution is 14.1. The Balaban J connectivity index is 1.81. The van der Waals surface area contributed by atoms with Crippen LogP contribution in [0.25, 0.3) is 11.3 Å². The molecule has 6 nitrogen and oxygen atoms in total. The van der Waals surface area contributed by atoms with Crippen LogP contribution in [0.2, 0.25) is 0 Å². The van der Waals surface area contributed by atoms with E-state index >= 15 is 0 Å². The van der Waals surface area contributed by atoms with Gasteiger partial charge in [0.25, 0.3) is 0 Å². The third-order valence-electron chi connectivity index (χ3n) is 5.50. The smallest absolute Gasteiger partial charge is 0.329 e. The molecule has 1 aromatic heterocycles. The summed E-state index contributed by atoms with van der Waals surface area (Å²) in [7, 11) is 0. The molecule has 33 heavy (non-hydrogen) atoms. The molecule has 0 aliphatic heterocycles. The normalized spacial score (nSPS) is 12.8. The minimum Gasteiger partial charge on any atom is -0.493 e.